The van der Waals surface area contributed by atoms with Crippen molar-refractivity contribution in [3.63, 3.8) is 0 Å². The first-order valence-electron chi connectivity index (χ1n) is 8.39. The summed E-state index contributed by atoms with van der Waals surface area (Å²) in [5.74, 6) is 0.952. The molecule has 0 bridgehead atoms. The van der Waals surface area contributed by atoms with Crippen molar-refractivity contribution in [1.82, 2.24) is 10.3 Å². The fourth-order valence-corrected chi connectivity index (χ4v) is 3.66. The zero-order valence-electron chi connectivity index (χ0n) is 13.0. The van der Waals surface area contributed by atoms with Crippen LogP contribution in [0.25, 0.3) is 10.9 Å². The summed E-state index contributed by atoms with van der Waals surface area (Å²) in [7, 11) is 2.08. The molecule has 21 heavy (non-hydrogen) atoms. The molecule has 2 nitrogen and oxygen atoms in total. The summed E-state index contributed by atoms with van der Waals surface area (Å²) in [6.45, 7) is 0. The molecular weight excluding hydrogens is 256 g/mol. The Morgan fingerprint density at radius 3 is 2.86 bits per heavy atom. The Morgan fingerprint density at radius 1 is 1.19 bits per heavy atom. The highest BCUT2D eigenvalue weighted by atomic mass is 14.9. The quantitative estimate of drug-likeness (QED) is 0.847. The lowest BCUT2D eigenvalue weighted by atomic mass is 9.84. The van der Waals surface area contributed by atoms with Crippen LogP contribution in [0.5, 0.6) is 0 Å². The molecule has 112 valence electrons. The monoisotopic (exact) mass is 282 g/mol. The molecule has 0 saturated heterocycles. The van der Waals surface area contributed by atoms with E-state index in [1.54, 1.807) is 0 Å². The van der Waals surface area contributed by atoms with E-state index < -0.39 is 0 Å². The third-order valence-corrected chi connectivity index (χ3v) is 4.97. The maximum atomic E-state index is 4.48. The molecule has 1 heterocycles. The molecule has 1 atom stereocenters. The molecule has 1 aromatic heterocycles. The second-order valence-electron chi connectivity index (χ2n) is 6.38. The second-order valence-corrected chi connectivity index (χ2v) is 6.38. The lowest BCUT2D eigenvalue weighted by Gasteiger charge is -2.24. The summed E-state index contributed by atoms with van der Waals surface area (Å²) in [6, 6.07) is 11.3. The zero-order valence-corrected chi connectivity index (χ0v) is 13.0. The molecule has 1 fully saturated rings. The van der Waals surface area contributed by atoms with Gasteiger partial charge in [-0.15, -0.1) is 0 Å². The first kappa shape index (κ1) is 14.5. The first-order valence-corrected chi connectivity index (χ1v) is 8.39. The summed E-state index contributed by atoms with van der Waals surface area (Å²) in [5, 5.41) is 4.72. The Kier molecular flexibility index (Phi) is 4.87. The van der Waals surface area contributed by atoms with E-state index >= 15 is 0 Å². The Hall–Kier alpha value is -1.41. The highest BCUT2D eigenvalue weighted by molar-refractivity contribution is 5.78. The molecular formula is C19H26N2. The normalized spacial score (nSPS) is 18.0. The Labute approximate surface area is 128 Å². The summed E-state index contributed by atoms with van der Waals surface area (Å²) in [5.41, 5.74) is 2.48. The van der Waals surface area contributed by atoms with Crippen molar-refractivity contribution in [3.05, 3.63) is 42.1 Å². The van der Waals surface area contributed by atoms with E-state index in [9.17, 15) is 0 Å². The number of hydrogen-bond donors (Lipinski definition) is 1. The van der Waals surface area contributed by atoms with Gasteiger partial charge in [-0.2, -0.15) is 0 Å². The van der Waals surface area contributed by atoms with Crippen LogP contribution in [0, 0.1) is 5.92 Å². The van der Waals surface area contributed by atoms with Crippen LogP contribution < -0.4 is 5.32 Å². The van der Waals surface area contributed by atoms with Gasteiger partial charge in [0.1, 0.15) is 0 Å². The predicted octanol–water partition coefficient (Wildman–Crippen LogP) is 4.86. The topological polar surface area (TPSA) is 24.9 Å². The molecule has 1 unspecified atom stereocenters. The van der Waals surface area contributed by atoms with E-state index in [0.29, 0.717) is 6.04 Å². The smallest absolute Gasteiger partial charge is 0.0705 e. The lowest BCUT2D eigenvalue weighted by molar-refractivity contribution is 0.317. The van der Waals surface area contributed by atoms with Gasteiger partial charge >= 0.3 is 0 Å². The van der Waals surface area contributed by atoms with Gasteiger partial charge in [0.05, 0.1) is 5.52 Å². The van der Waals surface area contributed by atoms with Crippen LogP contribution in [-0.4, -0.2) is 12.0 Å². The Morgan fingerprint density at radius 2 is 2.05 bits per heavy atom. The molecule has 2 aromatic rings. The Balaban J connectivity index is 1.68. The fraction of sp³-hybridized carbons (Fsp3) is 0.526. The number of hydrogen-bond acceptors (Lipinski definition) is 2. The average molecular weight is 282 g/mol. The van der Waals surface area contributed by atoms with Crippen molar-refractivity contribution in [2.75, 3.05) is 7.05 Å². The number of rotatable bonds is 5. The van der Waals surface area contributed by atoms with Gasteiger partial charge in [-0.25, -0.2) is 0 Å². The molecule has 2 heteroatoms. The van der Waals surface area contributed by atoms with Crippen LogP contribution >= 0.6 is 0 Å². The molecule has 3 rings (SSSR count). The van der Waals surface area contributed by atoms with E-state index in [1.807, 2.05) is 12.3 Å². The van der Waals surface area contributed by atoms with E-state index in [2.05, 4.69) is 41.6 Å². The highest BCUT2D eigenvalue weighted by Gasteiger charge is 2.16. The molecule has 1 aliphatic carbocycles. The summed E-state index contributed by atoms with van der Waals surface area (Å²) >= 11 is 0. The van der Waals surface area contributed by atoms with Crippen molar-refractivity contribution < 1.29 is 0 Å². The third kappa shape index (κ3) is 3.62. The largest absolute Gasteiger partial charge is 0.313 e. The number of benzene rings is 1. The summed E-state index contributed by atoms with van der Waals surface area (Å²) < 4.78 is 0. The van der Waals surface area contributed by atoms with E-state index in [-0.39, 0.29) is 0 Å². The number of aromatic nitrogens is 1. The van der Waals surface area contributed by atoms with Crippen molar-refractivity contribution in [1.29, 1.82) is 0 Å². The average Bonchev–Trinajstić information content (AvgIpc) is 2.56. The van der Waals surface area contributed by atoms with E-state index in [1.165, 1.54) is 55.9 Å². The molecule has 0 amide bonds. The summed E-state index contributed by atoms with van der Waals surface area (Å²) in [6.07, 6.45) is 11.7. The minimum absolute atomic E-state index is 0.457. The summed E-state index contributed by atoms with van der Waals surface area (Å²) in [4.78, 5) is 4.48. The molecule has 1 aliphatic rings. The van der Waals surface area contributed by atoms with Crippen LogP contribution in [0.15, 0.2) is 36.5 Å². The van der Waals surface area contributed by atoms with Gasteiger partial charge in [0.25, 0.3) is 0 Å². The highest BCUT2D eigenvalue weighted by Crippen LogP contribution is 2.30. The molecule has 0 spiro atoms. The lowest BCUT2D eigenvalue weighted by Crippen LogP contribution is -2.18. The predicted molar refractivity (Wildman–Crippen MR) is 89.4 cm³/mol. The number of nitrogens with one attached hydrogen (secondary N) is 1. The molecule has 1 N–H and O–H groups in total. The SMILES string of the molecule is CNC(CCC1CCCCC1)c1ccc2cccnc2c1. The second kappa shape index (κ2) is 7.04. The van der Waals surface area contributed by atoms with Gasteiger partial charge in [0.15, 0.2) is 0 Å². The van der Waals surface area contributed by atoms with E-state index in [0.717, 1.165) is 11.4 Å². The molecule has 0 radical (unpaired) electrons. The zero-order chi connectivity index (χ0) is 14.5. The molecule has 1 saturated carbocycles. The van der Waals surface area contributed by atoms with E-state index in [4.69, 9.17) is 0 Å². The number of pyridine rings is 1. The van der Waals surface area contributed by atoms with Gasteiger partial charge in [-0.05, 0) is 43.5 Å². The van der Waals surface area contributed by atoms with Crippen LogP contribution in [0.1, 0.15) is 56.6 Å². The van der Waals surface area contributed by atoms with Crippen molar-refractivity contribution in [2.24, 2.45) is 5.92 Å². The van der Waals surface area contributed by atoms with Crippen LogP contribution in [0.2, 0.25) is 0 Å². The fourth-order valence-electron chi connectivity index (χ4n) is 3.66. The van der Waals surface area contributed by atoms with Crippen LogP contribution in [-0.2, 0) is 0 Å². The maximum absolute atomic E-state index is 4.48. The van der Waals surface area contributed by atoms with Crippen LogP contribution in [0.3, 0.4) is 0 Å². The van der Waals surface area contributed by atoms with Gasteiger partial charge in [-0.1, -0.05) is 50.3 Å². The van der Waals surface area contributed by atoms with Crippen molar-refractivity contribution in [3.8, 4) is 0 Å². The van der Waals surface area contributed by atoms with Gasteiger partial charge < -0.3 is 5.32 Å². The minimum Gasteiger partial charge on any atom is -0.313 e. The molecule has 1 aromatic carbocycles. The first-order chi connectivity index (χ1) is 10.4. The molecule has 0 aliphatic heterocycles. The van der Waals surface area contributed by atoms with Gasteiger partial charge in [0, 0.05) is 17.6 Å². The maximum Gasteiger partial charge on any atom is 0.0705 e. The van der Waals surface area contributed by atoms with Crippen LogP contribution in [0.4, 0.5) is 0 Å². The Bertz CT molecular complexity index is 573. The van der Waals surface area contributed by atoms with Crippen molar-refractivity contribution in [2.45, 2.75) is 51.0 Å². The van der Waals surface area contributed by atoms with Gasteiger partial charge in [-0.3, -0.25) is 4.98 Å². The number of nitrogens with zero attached hydrogens (tertiary/aromatic N) is 1. The standard InChI is InChI=1S/C19H26N2/c1-20-18(12-9-15-6-3-2-4-7-15)17-11-10-16-8-5-13-21-19(16)14-17/h5,8,10-11,13-15,18,20H,2-4,6-7,9,12H2,1H3. The number of fused-ring (bicyclic) bond motifs is 1. The third-order valence-electron chi connectivity index (χ3n) is 4.97. The van der Waals surface area contributed by atoms with Gasteiger partial charge in [0.2, 0.25) is 0 Å². The minimum atomic E-state index is 0.457. The van der Waals surface area contributed by atoms with Crippen molar-refractivity contribution >= 4 is 10.9 Å².